The van der Waals surface area contributed by atoms with Gasteiger partial charge in [0.15, 0.2) is 5.15 Å². The summed E-state index contributed by atoms with van der Waals surface area (Å²) in [4.78, 5) is 8.40. The number of anilines is 1. The van der Waals surface area contributed by atoms with E-state index in [1.807, 2.05) is 18.2 Å². The highest BCUT2D eigenvalue weighted by Gasteiger charge is 2.03. The Morgan fingerprint density at radius 2 is 2.05 bits per heavy atom. The van der Waals surface area contributed by atoms with E-state index in [2.05, 4.69) is 49.4 Å². The molecule has 0 atom stereocenters. The fourth-order valence-electron chi connectivity index (χ4n) is 1.98. The van der Waals surface area contributed by atoms with E-state index < -0.39 is 0 Å². The summed E-state index contributed by atoms with van der Waals surface area (Å²) >= 11 is 9.44. The number of hydrogen-bond acceptors (Lipinski definition) is 3. The first kappa shape index (κ1) is 13.3. The minimum absolute atomic E-state index is 0.468. The van der Waals surface area contributed by atoms with E-state index >= 15 is 0 Å². The molecule has 5 heteroatoms. The summed E-state index contributed by atoms with van der Waals surface area (Å²) in [5, 5.41) is 4.89. The molecule has 1 aromatic carbocycles. The topological polar surface area (TPSA) is 37.8 Å². The summed E-state index contributed by atoms with van der Waals surface area (Å²) in [6.45, 7) is 0.683. The lowest BCUT2D eigenvalue weighted by Gasteiger charge is -2.09. The highest BCUT2D eigenvalue weighted by atomic mass is 79.9. The maximum atomic E-state index is 6.05. The zero-order valence-electron chi connectivity index (χ0n) is 10.5. The minimum Gasteiger partial charge on any atom is -0.378 e. The predicted molar refractivity (Wildman–Crippen MR) is 86.0 cm³/mol. The Labute approximate surface area is 130 Å². The van der Waals surface area contributed by atoms with Crippen LogP contribution in [-0.4, -0.2) is 9.97 Å². The van der Waals surface area contributed by atoms with Crippen LogP contribution in [0.25, 0.3) is 10.9 Å². The van der Waals surface area contributed by atoms with E-state index in [0.29, 0.717) is 11.7 Å². The van der Waals surface area contributed by atoms with E-state index in [1.54, 1.807) is 12.4 Å². The summed E-state index contributed by atoms with van der Waals surface area (Å²) in [6, 6.07) is 12.1. The van der Waals surface area contributed by atoms with Crippen molar-refractivity contribution in [2.45, 2.75) is 6.54 Å². The minimum atomic E-state index is 0.468. The quantitative estimate of drug-likeness (QED) is 0.700. The van der Waals surface area contributed by atoms with Gasteiger partial charge in [0.25, 0.3) is 0 Å². The second-order valence-electron chi connectivity index (χ2n) is 4.38. The molecule has 0 unspecified atom stereocenters. The maximum absolute atomic E-state index is 6.05. The summed E-state index contributed by atoms with van der Waals surface area (Å²) in [5.41, 5.74) is 2.98. The van der Waals surface area contributed by atoms with Gasteiger partial charge in [-0.1, -0.05) is 23.7 Å². The van der Waals surface area contributed by atoms with Crippen LogP contribution in [0, 0.1) is 0 Å². The number of rotatable bonds is 3. The van der Waals surface area contributed by atoms with E-state index in [1.165, 1.54) is 5.56 Å². The number of aromatic nitrogens is 2. The second kappa shape index (κ2) is 5.77. The molecule has 0 aliphatic rings. The molecule has 0 saturated carbocycles. The number of halogens is 2. The maximum Gasteiger partial charge on any atom is 0.152 e. The van der Waals surface area contributed by atoms with Gasteiger partial charge in [-0.3, -0.25) is 4.98 Å². The van der Waals surface area contributed by atoms with Crippen LogP contribution in [0.15, 0.2) is 53.3 Å². The standard InChI is InChI=1S/C15H11BrClN3/c16-12-7-14(15(17)20-9-12)19-8-10-3-4-13-11(6-10)2-1-5-18-13/h1-7,9,19H,8H2. The van der Waals surface area contributed by atoms with Gasteiger partial charge in [0.2, 0.25) is 0 Å². The molecule has 0 bridgehead atoms. The van der Waals surface area contributed by atoms with Crippen LogP contribution >= 0.6 is 27.5 Å². The van der Waals surface area contributed by atoms with Gasteiger partial charge in [0.1, 0.15) is 0 Å². The number of nitrogens with zero attached hydrogens (tertiary/aromatic N) is 2. The Kier molecular flexibility index (Phi) is 3.85. The smallest absolute Gasteiger partial charge is 0.152 e. The molecular formula is C15H11BrClN3. The van der Waals surface area contributed by atoms with Crippen molar-refractivity contribution in [1.29, 1.82) is 0 Å². The van der Waals surface area contributed by atoms with Gasteiger partial charge >= 0.3 is 0 Å². The summed E-state index contributed by atoms with van der Waals surface area (Å²) in [6.07, 6.45) is 3.47. The van der Waals surface area contributed by atoms with Gasteiger partial charge in [-0.05, 0) is 45.8 Å². The molecule has 0 fully saturated rings. The lowest BCUT2D eigenvalue weighted by Crippen LogP contribution is -2.00. The Balaban J connectivity index is 1.81. The number of nitrogens with one attached hydrogen (secondary N) is 1. The molecular weight excluding hydrogens is 338 g/mol. The molecule has 0 saturated heterocycles. The molecule has 0 amide bonds. The number of pyridine rings is 2. The van der Waals surface area contributed by atoms with Crippen LogP contribution < -0.4 is 5.32 Å². The lowest BCUT2D eigenvalue weighted by atomic mass is 10.1. The van der Waals surface area contributed by atoms with Crippen LogP contribution in [0.2, 0.25) is 5.15 Å². The molecule has 0 aliphatic heterocycles. The SMILES string of the molecule is Clc1ncc(Br)cc1NCc1ccc2ncccc2c1. The molecule has 1 N–H and O–H groups in total. The first-order chi connectivity index (χ1) is 9.72. The van der Waals surface area contributed by atoms with Crippen LogP contribution in [0.4, 0.5) is 5.69 Å². The first-order valence-electron chi connectivity index (χ1n) is 6.11. The van der Waals surface area contributed by atoms with Crippen LogP contribution in [0.3, 0.4) is 0 Å². The van der Waals surface area contributed by atoms with Crippen molar-refractivity contribution in [1.82, 2.24) is 9.97 Å². The van der Waals surface area contributed by atoms with E-state index in [0.717, 1.165) is 21.1 Å². The van der Waals surface area contributed by atoms with Crippen molar-refractivity contribution >= 4 is 44.1 Å². The average molecular weight is 349 g/mol. The lowest BCUT2D eigenvalue weighted by molar-refractivity contribution is 1.14. The van der Waals surface area contributed by atoms with Crippen molar-refractivity contribution in [2.75, 3.05) is 5.32 Å². The summed E-state index contributed by atoms with van der Waals surface area (Å²) in [7, 11) is 0. The van der Waals surface area contributed by atoms with Gasteiger partial charge in [0, 0.05) is 28.8 Å². The molecule has 3 rings (SSSR count). The van der Waals surface area contributed by atoms with E-state index in [4.69, 9.17) is 11.6 Å². The Morgan fingerprint density at radius 1 is 1.15 bits per heavy atom. The van der Waals surface area contributed by atoms with Crippen LogP contribution in [0.5, 0.6) is 0 Å². The van der Waals surface area contributed by atoms with Crippen LogP contribution in [-0.2, 0) is 6.54 Å². The average Bonchev–Trinajstić information content (AvgIpc) is 2.48. The largest absolute Gasteiger partial charge is 0.378 e. The molecule has 2 aromatic heterocycles. The van der Waals surface area contributed by atoms with E-state index in [9.17, 15) is 0 Å². The van der Waals surface area contributed by atoms with Gasteiger partial charge in [-0.15, -0.1) is 0 Å². The van der Waals surface area contributed by atoms with Gasteiger partial charge in [0.05, 0.1) is 11.2 Å². The Hall–Kier alpha value is -1.65. The van der Waals surface area contributed by atoms with Crippen molar-refractivity contribution in [3.63, 3.8) is 0 Å². The monoisotopic (exact) mass is 347 g/mol. The van der Waals surface area contributed by atoms with Crippen molar-refractivity contribution < 1.29 is 0 Å². The number of hydrogen-bond donors (Lipinski definition) is 1. The molecule has 0 aliphatic carbocycles. The Bertz CT molecular complexity index is 761. The summed E-state index contributed by atoms with van der Waals surface area (Å²) < 4.78 is 0.895. The molecule has 2 heterocycles. The van der Waals surface area contributed by atoms with Crippen molar-refractivity contribution in [3.05, 3.63) is 64.0 Å². The molecule has 3 aromatic rings. The fraction of sp³-hybridized carbons (Fsp3) is 0.0667. The molecule has 3 nitrogen and oxygen atoms in total. The van der Waals surface area contributed by atoms with Crippen LogP contribution in [0.1, 0.15) is 5.56 Å². The number of benzene rings is 1. The van der Waals surface area contributed by atoms with E-state index in [-0.39, 0.29) is 0 Å². The zero-order chi connectivity index (χ0) is 13.9. The number of fused-ring (bicyclic) bond motifs is 1. The predicted octanol–water partition coefficient (Wildman–Crippen LogP) is 4.66. The normalized spacial score (nSPS) is 10.7. The van der Waals surface area contributed by atoms with Gasteiger partial charge in [-0.25, -0.2) is 4.98 Å². The highest BCUT2D eigenvalue weighted by molar-refractivity contribution is 9.10. The first-order valence-corrected chi connectivity index (χ1v) is 7.28. The zero-order valence-corrected chi connectivity index (χ0v) is 12.8. The third-order valence-electron chi connectivity index (χ3n) is 2.96. The summed E-state index contributed by atoms with van der Waals surface area (Å²) in [5.74, 6) is 0. The molecule has 20 heavy (non-hydrogen) atoms. The Morgan fingerprint density at radius 3 is 2.95 bits per heavy atom. The second-order valence-corrected chi connectivity index (χ2v) is 5.65. The molecule has 0 spiro atoms. The highest BCUT2D eigenvalue weighted by Crippen LogP contribution is 2.24. The van der Waals surface area contributed by atoms with Crippen molar-refractivity contribution in [2.24, 2.45) is 0 Å². The van der Waals surface area contributed by atoms with Gasteiger partial charge in [-0.2, -0.15) is 0 Å². The molecule has 100 valence electrons. The molecule has 0 radical (unpaired) electrons. The third-order valence-corrected chi connectivity index (χ3v) is 3.69. The van der Waals surface area contributed by atoms with Gasteiger partial charge < -0.3 is 5.32 Å². The third kappa shape index (κ3) is 2.92. The van der Waals surface area contributed by atoms with Crippen molar-refractivity contribution in [3.8, 4) is 0 Å². The fourth-order valence-corrected chi connectivity index (χ4v) is 2.48.